The van der Waals surface area contributed by atoms with Crippen LogP contribution in [0.2, 0.25) is 0 Å². The molecule has 5 fully saturated rings. The molecule has 6 rings (SSSR count). The Labute approximate surface area is 204 Å². The largest absolute Gasteiger partial charge is 0.390 e. The highest BCUT2D eigenvalue weighted by atomic mass is 19.1. The van der Waals surface area contributed by atoms with E-state index in [4.69, 9.17) is 9.47 Å². The van der Waals surface area contributed by atoms with Gasteiger partial charge >= 0.3 is 0 Å². The van der Waals surface area contributed by atoms with E-state index in [0.717, 1.165) is 6.42 Å². The number of hydrogen-bond donors (Lipinski definition) is 2. The molecular formula is C27H34FNO6. The number of carbonyl (C=O) groups is 2. The van der Waals surface area contributed by atoms with E-state index in [1.165, 1.54) is 0 Å². The first kappa shape index (κ1) is 23.6. The number of carbonyl (C=O) groups excluding carboxylic acids is 2. The maximum Gasteiger partial charge on any atom is 0.202 e. The molecule has 2 heterocycles. The van der Waals surface area contributed by atoms with Crippen molar-refractivity contribution in [3.8, 4) is 0 Å². The lowest BCUT2D eigenvalue weighted by Crippen LogP contribution is -2.71. The summed E-state index contributed by atoms with van der Waals surface area (Å²) in [4.78, 5) is 29.9. The van der Waals surface area contributed by atoms with Gasteiger partial charge in [0.15, 0.2) is 11.4 Å². The van der Waals surface area contributed by atoms with Gasteiger partial charge in [-0.25, -0.2) is 4.39 Å². The molecule has 190 valence electrons. The molecule has 0 amide bonds. The van der Waals surface area contributed by atoms with Gasteiger partial charge in [0.1, 0.15) is 18.1 Å². The number of hydrogen-bond acceptors (Lipinski definition) is 7. The first-order chi connectivity index (χ1) is 16.6. The SMILES string of the molecule is C[C@]12CCC(=O)CC1CC[C@H]1[C@@H]3C[C@H]4OC(c5ccccn5)O[C@@]4(C(=O)CO)[C@@]3(C)C[C@H](O)[C@@]12F. The van der Waals surface area contributed by atoms with Crippen molar-refractivity contribution in [1.29, 1.82) is 0 Å². The highest BCUT2D eigenvalue weighted by Gasteiger charge is 2.79. The average molecular weight is 488 g/mol. The van der Waals surface area contributed by atoms with E-state index in [2.05, 4.69) is 4.98 Å². The molecular weight excluding hydrogens is 453 g/mol. The molecule has 5 aliphatic rings. The Morgan fingerprint density at radius 3 is 2.74 bits per heavy atom. The highest BCUT2D eigenvalue weighted by Crippen LogP contribution is 2.73. The molecule has 2 unspecified atom stereocenters. The molecule has 2 N–H and O–H groups in total. The average Bonchev–Trinajstić information content (AvgIpc) is 3.34. The Hall–Kier alpha value is -1.74. The zero-order chi connectivity index (χ0) is 24.8. The topological polar surface area (TPSA) is 106 Å². The maximum atomic E-state index is 17.4. The third-order valence-corrected chi connectivity index (χ3v) is 10.8. The van der Waals surface area contributed by atoms with Crippen LogP contribution in [-0.4, -0.2) is 56.8 Å². The number of halogens is 1. The molecule has 4 saturated carbocycles. The molecule has 0 radical (unpaired) electrons. The Morgan fingerprint density at radius 1 is 1.23 bits per heavy atom. The lowest BCUT2D eigenvalue weighted by molar-refractivity contribution is -0.261. The monoisotopic (exact) mass is 487 g/mol. The normalized spacial score (nSPS) is 50.7. The Morgan fingerprint density at radius 2 is 2.03 bits per heavy atom. The van der Waals surface area contributed by atoms with E-state index in [1.807, 2.05) is 19.9 Å². The van der Waals surface area contributed by atoms with Crippen molar-refractivity contribution in [2.75, 3.05) is 6.61 Å². The predicted octanol–water partition coefficient (Wildman–Crippen LogP) is 3.08. The van der Waals surface area contributed by atoms with Gasteiger partial charge in [0.25, 0.3) is 0 Å². The third-order valence-electron chi connectivity index (χ3n) is 10.8. The van der Waals surface area contributed by atoms with E-state index in [-0.39, 0.29) is 24.0 Å². The van der Waals surface area contributed by atoms with Gasteiger partial charge in [-0.05, 0) is 62.0 Å². The second kappa shape index (κ2) is 7.63. The van der Waals surface area contributed by atoms with E-state index in [9.17, 15) is 19.8 Å². The van der Waals surface area contributed by atoms with Crippen LogP contribution in [0, 0.1) is 28.6 Å². The number of rotatable bonds is 3. The minimum absolute atomic E-state index is 0.0292. The number of fused-ring (bicyclic) bond motifs is 7. The fraction of sp³-hybridized carbons (Fsp3) is 0.741. The van der Waals surface area contributed by atoms with Crippen LogP contribution in [0.15, 0.2) is 24.4 Å². The quantitative estimate of drug-likeness (QED) is 0.675. The summed E-state index contributed by atoms with van der Waals surface area (Å²) in [6.45, 7) is 3.09. The second-order valence-electron chi connectivity index (χ2n) is 11.9. The minimum atomic E-state index is -1.86. The number of alkyl halides is 1. The lowest BCUT2D eigenvalue weighted by atomic mass is 9.42. The molecule has 1 saturated heterocycles. The number of aliphatic hydroxyl groups is 2. The fourth-order valence-corrected chi connectivity index (χ4v) is 9.06. The molecule has 1 aromatic heterocycles. The number of Topliss-reactive ketones (excluding diaryl/α,β-unsaturated/α-hetero) is 2. The predicted molar refractivity (Wildman–Crippen MR) is 122 cm³/mol. The molecule has 1 aromatic rings. The zero-order valence-corrected chi connectivity index (χ0v) is 20.3. The molecule has 8 heteroatoms. The standard InChI is InChI=1S/C27H34FNO6/c1-24-9-8-16(31)11-15(24)6-7-17-18-12-22-27(21(33)14-30,25(18,2)13-20(32)26(17,24)28)35-23(34-22)19-5-3-4-10-29-19/h3-5,10,15,17-18,20,22-23,30,32H,6-9,11-14H2,1-2H3/t15?,17-,18-,20-,22+,23?,24-,25-,26-,27+/m0/s1. The van der Waals surface area contributed by atoms with Crippen molar-refractivity contribution >= 4 is 11.6 Å². The van der Waals surface area contributed by atoms with E-state index in [0.29, 0.717) is 37.8 Å². The van der Waals surface area contributed by atoms with Gasteiger partial charge in [-0.1, -0.05) is 19.9 Å². The number of nitrogens with zero attached hydrogens (tertiary/aromatic N) is 1. The molecule has 0 bridgehead atoms. The Balaban J connectivity index is 1.41. The lowest BCUT2D eigenvalue weighted by Gasteiger charge is -2.65. The van der Waals surface area contributed by atoms with Crippen LogP contribution in [0.1, 0.15) is 70.8 Å². The van der Waals surface area contributed by atoms with Gasteiger partial charge in [-0.2, -0.15) is 0 Å². The second-order valence-corrected chi connectivity index (χ2v) is 11.9. The maximum absolute atomic E-state index is 17.4. The molecule has 0 aromatic carbocycles. The number of aromatic nitrogens is 1. The summed E-state index contributed by atoms with van der Waals surface area (Å²) in [7, 11) is 0. The van der Waals surface area contributed by atoms with Crippen molar-refractivity contribution in [1.82, 2.24) is 4.98 Å². The highest BCUT2D eigenvalue weighted by molar-refractivity contribution is 5.91. The van der Waals surface area contributed by atoms with Crippen molar-refractivity contribution in [3.63, 3.8) is 0 Å². The summed E-state index contributed by atoms with van der Waals surface area (Å²) in [5.41, 5.74) is -4.54. The van der Waals surface area contributed by atoms with Crippen LogP contribution < -0.4 is 0 Å². The van der Waals surface area contributed by atoms with Gasteiger partial charge in [0, 0.05) is 29.9 Å². The van der Waals surface area contributed by atoms with Crippen molar-refractivity contribution in [3.05, 3.63) is 30.1 Å². The van der Waals surface area contributed by atoms with Crippen LogP contribution in [0.4, 0.5) is 4.39 Å². The van der Waals surface area contributed by atoms with Crippen molar-refractivity contribution in [2.45, 2.75) is 88.6 Å². The molecule has 35 heavy (non-hydrogen) atoms. The van der Waals surface area contributed by atoms with Crippen molar-refractivity contribution < 1.29 is 33.7 Å². The van der Waals surface area contributed by atoms with E-state index >= 15 is 4.39 Å². The zero-order valence-electron chi connectivity index (χ0n) is 20.3. The van der Waals surface area contributed by atoms with Crippen molar-refractivity contribution in [2.24, 2.45) is 28.6 Å². The molecule has 7 nitrogen and oxygen atoms in total. The smallest absolute Gasteiger partial charge is 0.202 e. The minimum Gasteiger partial charge on any atom is -0.390 e. The Bertz CT molecular complexity index is 1050. The number of ketones is 2. The van der Waals surface area contributed by atoms with Gasteiger partial charge in [-0.15, -0.1) is 0 Å². The number of aliphatic hydroxyl groups excluding tert-OH is 2. The molecule has 10 atom stereocenters. The fourth-order valence-electron chi connectivity index (χ4n) is 9.06. The number of ether oxygens (including phenoxy) is 2. The Kier molecular flexibility index (Phi) is 5.16. The summed E-state index contributed by atoms with van der Waals surface area (Å²) in [5.74, 6) is -1.15. The third kappa shape index (κ3) is 2.77. The van der Waals surface area contributed by atoms with Crippen LogP contribution >= 0.6 is 0 Å². The summed E-state index contributed by atoms with van der Waals surface area (Å²) < 4.78 is 30.1. The van der Waals surface area contributed by atoms with Gasteiger partial charge in [-0.3, -0.25) is 14.6 Å². The molecule has 1 aliphatic heterocycles. The van der Waals surface area contributed by atoms with E-state index in [1.54, 1.807) is 18.3 Å². The van der Waals surface area contributed by atoms with Gasteiger partial charge in [0.2, 0.25) is 6.29 Å². The first-order valence-corrected chi connectivity index (χ1v) is 12.9. The van der Waals surface area contributed by atoms with Crippen LogP contribution in [0.5, 0.6) is 0 Å². The summed E-state index contributed by atoms with van der Waals surface area (Å²) in [6, 6.07) is 5.35. The molecule has 4 aliphatic carbocycles. The van der Waals surface area contributed by atoms with Crippen LogP contribution in [0.25, 0.3) is 0 Å². The first-order valence-electron chi connectivity index (χ1n) is 12.9. The summed E-state index contributed by atoms with van der Waals surface area (Å²) in [6.07, 6.45) is 1.62. The van der Waals surface area contributed by atoms with E-state index < -0.39 is 58.9 Å². The summed E-state index contributed by atoms with van der Waals surface area (Å²) in [5, 5.41) is 21.6. The van der Waals surface area contributed by atoms with Crippen LogP contribution in [0.3, 0.4) is 0 Å². The summed E-state index contributed by atoms with van der Waals surface area (Å²) >= 11 is 0. The molecule has 0 spiro atoms. The van der Waals surface area contributed by atoms with Gasteiger partial charge in [0.05, 0.1) is 17.9 Å². The number of pyridine rings is 1. The van der Waals surface area contributed by atoms with Gasteiger partial charge < -0.3 is 19.7 Å². The van der Waals surface area contributed by atoms with Crippen LogP contribution in [-0.2, 0) is 19.1 Å².